The summed E-state index contributed by atoms with van der Waals surface area (Å²) in [6, 6.07) is -0.806. The van der Waals surface area contributed by atoms with Crippen molar-refractivity contribution in [2.45, 2.75) is 81.2 Å². The normalized spacial score (nSPS) is 25.9. The van der Waals surface area contributed by atoms with E-state index in [0.29, 0.717) is 31.1 Å². The van der Waals surface area contributed by atoms with Crippen molar-refractivity contribution < 1.29 is 29.1 Å². The number of amides is 5. The predicted molar refractivity (Wildman–Crippen MR) is 113 cm³/mol. The number of carboxylic acids is 1. The lowest BCUT2D eigenvalue weighted by Gasteiger charge is -2.22. The lowest BCUT2D eigenvalue weighted by molar-refractivity contribution is -0.154. The van der Waals surface area contributed by atoms with E-state index in [-0.39, 0.29) is 43.3 Å². The van der Waals surface area contributed by atoms with E-state index in [0.717, 1.165) is 29.9 Å². The van der Waals surface area contributed by atoms with Gasteiger partial charge in [-0.2, -0.15) is 11.8 Å². The molecule has 172 valence electrons. The molecule has 3 aliphatic heterocycles. The number of fused-ring (bicyclic) bond motifs is 1. The first kappa shape index (κ1) is 23.4. The van der Waals surface area contributed by atoms with E-state index in [1.54, 1.807) is 0 Å². The maximum absolute atomic E-state index is 12.0. The molecule has 3 aliphatic rings. The van der Waals surface area contributed by atoms with Gasteiger partial charge in [0.15, 0.2) is 0 Å². The van der Waals surface area contributed by atoms with E-state index < -0.39 is 23.8 Å². The molecule has 4 atom stereocenters. The highest BCUT2D eigenvalue weighted by Gasteiger charge is 2.42. The van der Waals surface area contributed by atoms with Gasteiger partial charge in [0.2, 0.25) is 17.7 Å². The van der Waals surface area contributed by atoms with Crippen LogP contribution in [-0.2, 0) is 19.2 Å². The highest BCUT2D eigenvalue weighted by atomic mass is 32.2. The number of carbonyl (C=O) groups excluding carboxylic acids is 4. The Balaban J connectivity index is 1.24. The van der Waals surface area contributed by atoms with E-state index >= 15 is 0 Å². The van der Waals surface area contributed by atoms with Gasteiger partial charge in [-0.15, -0.1) is 0 Å². The SMILES string of the molecule is O=C(CCCC[C@@H]1SC[C@@H]2NC(=O)N[C@@H]21)NCCCC[C@H](C(=O)O)N1C(=O)CCC1=O. The second-order valence-electron chi connectivity index (χ2n) is 8.22. The lowest BCUT2D eigenvalue weighted by atomic mass is 10.0. The van der Waals surface area contributed by atoms with Crippen LogP contribution in [0.1, 0.15) is 57.8 Å². The summed E-state index contributed by atoms with van der Waals surface area (Å²) in [6.45, 7) is 0.437. The van der Waals surface area contributed by atoms with Crippen LogP contribution in [0.15, 0.2) is 0 Å². The Morgan fingerprint density at radius 3 is 2.55 bits per heavy atom. The molecule has 0 bridgehead atoms. The number of thioether (sulfide) groups is 1. The monoisotopic (exact) mass is 454 g/mol. The van der Waals surface area contributed by atoms with E-state index in [4.69, 9.17) is 0 Å². The number of nitrogens with one attached hydrogen (secondary N) is 3. The van der Waals surface area contributed by atoms with Crippen LogP contribution in [0.4, 0.5) is 4.79 Å². The van der Waals surface area contributed by atoms with Crippen LogP contribution in [-0.4, -0.2) is 75.4 Å². The number of nitrogens with zero attached hydrogens (tertiary/aromatic N) is 1. The first-order valence-corrected chi connectivity index (χ1v) is 11.9. The molecule has 3 fully saturated rings. The molecule has 3 heterocycles. The summed E-state index contributed by atoms with van der Waals surface area (Å²) < 4.78 is 0. The van der Waals surface area contributed by atoms with Crippen LogP contribution < -0.4 is 16.0 Å². The Kier molecular flexibility index (Phi) is 8.16. The maximum Gasteiger partial charge on any atom is 0.326 e. The number of carbonyl (C=O) groups is 5. The number of unbranched alkanes of at least 4 members (excludes halogenated alkanes) is 2. The number of rotatable bonds is 12. The number of imide groups is 1. The number of hydrogen-bond acceptors (Lipinski definition) is 6. The molecule has 11 heteroatoms. The summed E-state index contributed by atoms with van der Waals surface area (Å²) in [5, 5.41) is 18.4. The van der Waals surface area contributed by atoms with Crippen molar-refractivity contribution in [3.05, 3.63) is 0 Å². The van der Waals surface area contributed by atoms with Crippen molar-refractivity contribution >= 4 is 41.5 Å². The van der Waals surface area contributed by atoms with Crippen LogP contribution in [0.3, 0.4) is 0 Å². The van der Waals surface area contributed by atoms with Gasteiger partial charge in [-0.1, -0.05) is 6.42 Å². The van der Waals surface area contributed by atoms with Crippen LogP contribution in [0.25, 0.3) is 0 Å². The number of hydrogen-bond donors (Lipinski definition) is 4. The van der Waals surface area contributed by atoms with Gasteiger partial charge in [0.1, 0.15) is 6.04 Å². The summed E-state index contributed by atoms with van der Waals surface area (Å²) in [5.74, 6) is -1.13. The molecule has 0 radical (unpaired) electrons. The van der Waals surface area contributed by atoms with Crippen LogP contribution in [0, 0.1) is 0 Å². The highest BCUT2D eigenvalue weighted by Crippen LogP contribution is 2.33. The molecule has 0 saturated carbocycles. The molecule has 4 N–H and O–H groups in total. The summed E-state index contributed by atoms with van der Waals surface area (Å²) in [6.07, 6.45) is 4.52. The zero-order chi connectivity index (χ0) is 22.4. The Morgan fingerprint density at radius 1 is 1.10 bits per heavy atom. The highest BCUT2D eigenvalue weighted by molar-refractivity contribution is 8.00. The third-order valence-corrected chi connectivity index (χ3v) is 7.50. The molecule has 31 heavy (non-hydrogen) atoms. The minimum absolute atomic E-state index is 0.0347. The van der Waals surface area contributed by atoms with E-state index in [1.165, 1.54) is 0 Å². The number of carboxylic acid groups (broad SMARTS) is 1. The summed E-state index contributed by atoms with van der Waals surface area (Å²) >= 11 is 1.86. The van der Waals surface area contributed by atoms with Gasteiger partial charge in [-0.25, -0.2) is 9.59 Å². The number of aliphatic carboxylic acids is 1. The third-order valence-electron chi connectivity index (χ3n) is 5.99. The largest absolute Gasteiger partial charge is 0.480 e. The average molecular weight is 455 g/mol. The first-order valence-electron chi connectivity index (χ1n) is 10.9. The van der Waals surface area contributed by atoms with Crippen LogP contribution in [0.5, 0.6) is 0 Å². The van der Waals surface area contributed by atoms with Gasteiger partial charge >= 0.3 is 12.0 Å². The fourth-order valence-corrected chi connectivity index (χ4v) is 5.90. The van der Waals surface area contributed by atoms with Gasteiger partial charge in [0.25, 0.3) is 0 Å². The van der Waals surface area contributed by atoms with Gasteiger partial charge in [0, 0.05) is 36.8 Å². The smallest absolute Gasteiger partial charge is 0.326 e. The quantitative estimate of drug-likeness (QED) is 0.192. The Labute approximate surface area is 185 Å². The molecular formula is C20H30N4O6S. The van der Waals surface area contributed by atoms with E-state index in [2.05, 4.69) is 16.0 Å². The number of likely N-dealkylation sites (tertiary alicyclic amines) is 1. The zero-order valence-corrected chi connectivity index (χ0v) is 18.2. The average Bonchev–Trinajstić information content (AvgIpc) is 3.37. The third kappa shape index (κ3) is 6.11. The molecule has 0 aromatic carbocycles. The molecule has 0 aromatic heterocycles. The molecule has 0 aromatic rings. The Morgan fingerprint density at radius 2 is 1.84 bits per heavy atom. The topological polar surface area (TPSA) is 145 Å². The molecule has 3 rings (SSSR count). The van der Waals surface area contributed by atoms with Crippen molar-refractivity contribution in [1.29, 1.82) is 0 Å². The van der Waals surface area contributed by atoms with Gasteiger partial charge in [-0.05, 0) is 32.1 Å². The Bertz CT molecular complexity index is 716. The fourth-order valence-electron chi connectivity index (χ4n) is 4.36. The van der Waals surface area contributed by atoms with Gasteiger partial charge in [0.05, 0.1) is 12.1 Å². The number of urea groups is 1. The second kappa shape index (κ2) is 10.8. The van der Waals surface area contributed by atoms with E-state index in [9.17, 15) is 29.1 Å². The molecule has 0 spiro atoms. The molecule has 0 aliphatic carbocycles. The second-order valence-corrected chi connectivity index (χ2v) is 9.50. The molecule has 5 amide bonds. The fraction of sp³-hybridized carbons (Fsp3) is 0.750. The summed E-state index contributed by atoms with van der Waals surface area (Å²) in [5.41, 5.74) is 0. The molecule has 10 nitrogen and oxygen atoms in total. The van der Waals surface area contributed by atoms with Crippen molar-refractivity contribution in [1.82, 2.24) is 20.9 Å². The van der Waals surface area contributed by atoms with Crippen molar-refractivity contribution in [2.24, 2.45) is 0 Å². The predicted octanol–water partition coefficient (Wildman–Crippen LogP) is 0.601. The maximum atomic E-state index is 12.0. The molecular weight excluding hydrogens is 424 g/mol. The lowest BCUT2D eigenvalue weighted by Crippen LogP contribution is -2.44. The standard InChI is InChI=1S/C20H30N4O6S/c25-15(7-2-1-6-14-18-12(11-31-14)22-20(30)23-18)21-10-4-3-5-13(19(28)29)24-16(26)8-9-17(24)27/h12-14,18H,1-11H2,(H,21,25)(H,28,29)(H2,22,23,30)/t12-,13+,14-,18-/m0/s1. The minimum Gasteiger partial charge on any atom is -0.480 e. The minimum atomic E-state index is -1.17. The van der Waals surface area contributed by atoms with Crippen molar-refractivity contribution in [3.8, 4) is 0 Å². The van der Waals surface area contributed by atoms with Gasteiger partial charge < -0.3 is 21.1 Å². The van der Waals surface area contributed by atoms with Crippen LogP contribution in [0.2, 0.25) is 0 Å². The molecule has 3 saturated heterocycles. The zero-order valence-electron chi connectivity index (χ0n) is 17.4. The summed E-state index contributed by atoms with van der Waals surface area (Å²) in [7, 11) is 0. The van der Waals surface area contributed by atoms with Gasteiger partial charge in [-0.3, -0.25) is 19.3 Å². The van der Waals surface area contributed by atoms with Crippen molar-refractivity contribution in [3.63, 3.8) is 0 Å². The molecule has 0 unspecified atom stereocenters. The Hall–Kier alpha value is -2.30. The first-order chi connectivity index (χ1) is 14.9. The van der Waals surface area contributed by atoms with Crippen LogP contribution >= 0.6 is 11.8 Å². The van der Waals surface area contributed by atoms with E-state index in [1.807, 2.05) is 11.8 Å². The summed E-state index contributed by atoms with van der Waals surface area (Å²) in [4.78, 5) is 59.2. The van der Waals surface area contributed by atoms with Crippen molar-refractivity contribution in [2.75, 3.05) is 12.3 Å².